The standard InChI is InChI=1S/C11H16N2O4/c1-3-17-10(15)5-4-9(14)8-13-7-6-12(2)11(13)16/h6-7H,3-5,8H2,1-2H3. The molecule has 1 rings (SSSR count). The molecule has 1 heterocycles. The fraction of sp³-hybridized carbons (Fsp3) is 0.545. The van der Waals surface area contributed by atoms with E-state index >= 15 is 0 Å². The molecule has 0 bridgehead atoms. The van der Waals surface area contributed by atoms with Crippen molar-refractivity contribution in [3.05, 3.63) is 22.9 Å². The summed E-state index contributed by atoms with van der Waals surface area (Å²) in [5, 5.41) is 0. The SMILES string of the molecule is CCOC(=O)CCC(=O)Cn1ccn(C)c1=O. The number of hydrogen-bond acceptors (Lipinski definition) is 4. The maximum absolute atomic E-state index is 11.5. The highest BCUT2D eigenvalue weighted by Gasteiger charge is 2.09. The van der Waals surface area contributed by atoms with Crippen molar-refractivity contribution in [3.63, 3.8) is 0 Å². The van der Waals surface area contributed by atoms with Crippen LogP contribution in [0.15, 0.2) is 17.2 Å². The zero-order valence-corrected chi connectivity index (χ0v) is 10.0. The highest BCUT2D eigenvalue weighted by Crippen LogP contribution is 1.96. The molecule has 0 aromatic carbocycles. The maximum atomic E-state index is 11.5. The summed E-state index contributed by atoms with van der Waals surface area (Å²) in [5.74, 6) is -0.549. The van der Waals surface area contributed by atoms with Crippen LogP contribution in [0.3, 0.4) is 0 Å². The van der Waals surface area contributed by atoms with Gasteiger partial charge in [-0.05, 0) is 6.92 Å². The number of ether oxygens (including phenoxy) is 1. The van der Waals surface area contributed by atoms with Crippen LogP contribution in [0.4, 0.5) is 0 Å². The molecular weight excluding hydrogens is 224 g/mol. The van der Waals surface area contributed by atoms with Crippen molar-refractivity contribution in [1.82, 2.24) is 9.13 Å². The van der Waals surface area contributed by atoms with E-state index in [1.54, 1.807) is 26.4 Å². The summed E-state index contributed by atoms with van der Waals surface area (Å²) in [4.78, 5) is 34.0. The lowest BCUT2D eigenvalue weighted by atomic mass is 10.2. The Morgan fingerprint density at radius 3 is 2.53 bits per heavy atom. The Labute approximate surface area is 98.8 Å². The van der Waals surface area contributed by atoms with E-state index in [0.717, 1.165) is 0 Å². The van der Waals surface area contributed by atoms with E-state index in [1.807, 2.05) is 0 Å². The van der Waals surface area contributed by atoms with Gasteiger partial charge in [0.15, 0.2) is 5.78 Å². The molecule has 0 saturated carbocycles. The highest BCUT2D eigenvalue weighted by molar-refractivity contribution is 5.82. The summed E-state index contributed by atoms with van der Waals surface area (Å²) in [6, 6.07) is 0. The molecule has 94 valence electrons. The van der Waals surface area contributed by atoms with Gasteiger partial charge < -0.3 is 9.30 Å². The average Bonchev–Trinajstić information content (AvgIpc) is 2.59. The van der Waals surface area contributed by atoms with E-state index < -0.39 is 0 Å². The molecule has 0 unspecified atom stereocenters. The molecule has 0 radical (unpaired) electrons. The molecule has 0 spiro atoms. The second kappa shape index (κ2) is 6.03. The van der Waals surface area contributed by atoms with Crippen molar-refractivity contribution in [2.45, 2.75) is 26.3 Å². The monoisotopic (exact) mass is 240 g/mol. The second-order valence-corrected chi connectivity index (χ2v) is 3.66. The molecule has 0 atom stereocenters. The van der Waals surface area contributed by atoms with Gasteiger partial charge in [0.05, 0.1) is 19.6 Å². The molecule has 0 fully saturated rings. The molecule has 6 heteroatoms. The number of Topliss-reactive ketones (excluding diaryl/α,β-unsaturated/α-hetero) is 1. The highest BCUT2D eigenvalue weighted by atomic mass is 16.5. The van der Waals surface area contributed by atoms with Crippen LogP contribution in [0, 0.1) is 0 Å². The average molecular weight is 240 g/mol. The fourth-order valence-corrected chi connectivity index (χ4v) is 1.37. The summed E-state index contributed by atoms with van der Waals surface area (Å²) < 4.78 is 7.41. The minimum Gasteiger partial charge on any atom is -0.466 e. The van der Waals surface area contributed by atoms with Gasteiger partial charge in [-0.15, -0.1) is 0 Å². The Balaban J connectivity index is 2.43. The number of aromatic nitrogens is 2. The van der Waals surface area contributed by atoms with Crippen molar-refractivity contribution in [1.29, 1.82) is 0 Å². The summed E-state index contributed by atoms with van der Waals surface area (Å²) in [7, 11) is 1.61. The topological polar surface area (TPSA) is 70.3 Å². The predicted octanol–water partition coefficient (Wildman–Crippen LogP) is 0.0992. The number of imidazole rings is 1. The van der Waals surface area contributed by atoms with Crippen LogP contribution in [0.1, 0.15) is 19.8 Å². The van der Waals surface area contributed by atoms with Crippen molar-refractivity contribution in [2.75, 3.05) is 6.61 Å². The molecule has 1 aromatic heterocycles. The Morgan fingerprint density at radius 1 is 1.29 bits per heavy atom. The summed E-state index contributed by atoms with van der Waals surface area (Å²) >= 11 is 0. The number of carbonyl (C=O) groups is 2. The van der Waals surface area contributed by atoms with E-state index in [4.69, 9.17) is 4.74 Å². The van der Waals surface area contributed by atoms with E-state index in [1.165, 1.54) is 9.13 Å². The van der Waals surface area contributed by atoms with E-state index in [9.17, 15) is 14.4 Å². The zero-order chi connectivity index (χ0) is 12.8. The van der Waals surface area contributed by atoms with Gasteiger partial charge in [0.25, 0.3) is 0 Å². The molecule has 0 N–H and O–H groups in total. The third-order valence-corrected chi connectivity index (χ3v) is 2.28. The third kappa shape index (κ3) is 3.90. The minimum atomic E-state index is -0.388. The third-order valence-electron chi connectivity index (χ3n) is 2.28. The Morgan fingerprint density at radius 2 is 2.00 bits per heavy atom. The van der Waals surface area contributed by atoms with E-state index in [2.05, 4.69) is 0 Å². The minimum absolute atomic E-state index is 0.000914. The second-order valence-electron chi connectivity index (χ2n) is 3.66. The van der Waals surface area contributed by atoms with E-state index in [0.29, 0.717) is 6.61 Å². The molecule has 0 aliphatic rings. The molecule has 1 aromatic rings. The number of rotatable bonds is 6. The first-order valence-corrected chi connectivity index (χ1v) is 5.43. The molecule has 0 amide bonds. The van der Waals surface area contributed by atoms with Gasteiger partial charge in [-0.1, -0.05) is 0 Å². The number of ketones is 1. The summed E-state index contributed by atoms with van der Waals surface area (Å²) in [5.41, 5.74) is -0.241. The first-order chi connectivity index (χ1) is 8.04. The summed E-state index contributed by atoms with van der Waals surface area (Å²) in [6.07, 6.45) is 3.29. The lowest BCUT2D eigenvalue weighted by Crippen LogP contribution is -2.25. The van der Waals surface area contributed by atoms with E-state index in [-0.39, 0.29) is 36.8 Å². The number of nitrogens with zero attached hydrogens (tertiary/aromatic N) is 2. The van der Waals surface area contributed by atoms with Crippen molar-refractivity contribution < 1.29 is 14.3 Å². The molecule has 0 aliphatic heterocycles. The Kier molecular flexibility index (Phi) is 4.68. The van der Waals surface area contributed by atoms with Crippen LogP contribution < -0.4 is 5.69 Å². The normalized spacial score (nSPS) is 10.2. The zero-order valence-electron chi connectivity index (χ0n) is 10.0. The van der Waals surface area contributed by atoms with Gasteiger partial charge >= 0.3 is 11.7 Å². The van der Waals surface area contributed by atoms with Gasteiger partial charge in [0, 0.05) is 25.9 Å². The number of carbonyl (C=O) groups excluding carboxylic acids is 2. The summed E-state index contributed by atoms with van der Waals surface area (Å²) in [6.45, 7) is 2.02. The lowest BCUT2D eigenvalue weighted by molar-refractivity contribution is -0.144. The molecular formula is C11H16N2O4. The van der Waals surface area contributed by atoms with Crippen molar-refractivity contribution in [2.24, 2.45) is 7.05 Å². The number of aryl methyl sites for hydroxylation is 1. The number of hydrogen-bond donors (Lipinski definition) is 0. The van der Waals surface area contributed by atoms with Crippen LogP contribution in [0.2, 0.25) is 0 Å². The molecule has 0 saturated heterocycles. The quantitative estimate of drug-likeness (QED) is 0.661. The fourth-order valence-electron chi connectivity index (χ4n) is 1.37. The van der Waals surface area contributed by atoms with Gasteiger partial charge in [0.2, 0.25) is 0 Å². The predicted molar refractivity (Wildman–Crippen MR) is 60.5 cm³/mol. The van der Waals surface area contributed by atoms with Gasteiger partial charge in [0.1, 0.15) is 0 Å². The maximum Gasteiger partial charge on any atom is 0.328 e. The number of esters is 1. The van der Waals surface area contributed by atoms with Crippen LogP contribution in [-0.2, 0) is 27.9 Å². The largest absolute Gasteiger partial charge is 0.466 e. The first-order valence-electron chi connectivity index (χ1n) is 5.43. The lowest BCUT2D eigenvalue weighted by Gasteiger charge is -2.02. The van der Waals surface area contributed by atoms with Gasteiger partial charge in [-0.3, -0.25) is 14.2 Å². The van der Waals surface area contributed by atoms with Crippen molar-refractivity contribution >= 4 is 11.8 Å². The van der Waals surface area contributed by atoms with Crippen molar-refractivity contribution in [3.8, 4) is 0 Å². The molecule has 17 heavy (non-hydrogen) atoms. The van der Waals surface area contributed by atoms with Crippen LogP contribution in [-0.4, -0.2) is 27.5 Å². The van der Waals surface area contributed by atoms with Gasteiger partial charge in [-0.25, -0.2) is 4.79 Å². The van der Waals surface area contributed by atoms with Crippen LogP contribution in [0.5, 0.6) is 0 Å². The smallest absolute Gasteiger partial charge is 0.328 e. The Bertz CT molecular complexity index is 458. The first kappa shape index (κ1) is 13.2. The van der Waals surface area contributed by atoms with Gasteiger partial charge in [-0.2, -0.15) is 0 Å². The molecule has 0 aliphatic carbocycles. The molecule has 6 nitrogen and oxygen atoms in total. The Hall–Kier alpha value is -1.85. The van der Waals surface area contributed by atoms with Crippen LogP contribution in [0.25, 0.3) is 0 Å². The van der Waals surface area contributed by atoms with Crippen LogP contribution >= 0.6 is 0 Å².